The largest absolute Gasteiger partial charge is 0.479 e. The number of carboxylic acids is 2. The van der Waals surface area contributed by atoms with E-state index in [4.69, 9.17) is 20.4 Å². The number of rotatable bonds is 6. The van der Waals surface area contributed by atoms with Gasteiger partial charge in [-0.05, 0) is 0 Å². The summed E-state index contributed by atoms with van der Waals surface area (Å²) < 4.78 is 4.15. The summed E-state index contributed by atoms with van der Waals surface area (Å²) in [7, 11) is 0.726. The Balaban J connectivity index is 5.09. The SMILES string of the molecule is CO[C@@](O)([C@H](O)C(=O)O)[C@H](O)[C@@H](O)C(=O)O. The van der Waals surface area contributed by atoms with Gasteiger partial charge in [-0.2, -0.15) is 0 Å². The smallest absolute Gasteiger partial charge is 0.338 e. The number of aliphatic carboxylic acids is 2. The lowest BCUT2D eigenvalue weighted by Crippen LogP contribution is -2.61. The molecular formula is C7H12O9. The van der Waals surface area contributed by atoms with Crippen molar-refractivity contribution in [1.82, 2.24) is 0 Å². The van der Waals surface area contributed by atoms with Crippen molar-refractivity contribution in [1.29, 1.82) is 0 Å². The van der Waals surface area contributed by atoms with Gasteiger partial charge < -0.3 is 35.4 Å². The van der Waals surface area contributed by atoms with Crippen molar-refractivity contribution in [3.8, 4) is 0 Å². The van der Waals surface area contributed by atoms with Crippen LogP contribution in [0.4, 0.5) is 0 Å². The van der Waals surface area contributed by atoms with E-state index in [2.05, 4.69) is 4.74 Å². The molecule has 0 unspecified atom stereocenters. The molecule has 6 N–H and O–H groups in total. The van der Waals surface area contributed by atoms with E-state index >= 15 is 0 Å². The van der Waals surface area contributed by atoms with Gasteiger partial charge >= 0.3 is 11.9 Å². The third-order valence-corrected chi connectivity index (χ3v) is 1.93. The summed E-state index contributed by atoms with van der Waals surface area (Å²) in [6, 6.07) is 0. The second-order valence-corrected chi connectivity index (χ2v) is 2.92. The van der Waals surface area contributed by atoms with Crippen molar-refractivity contribution >= 4 is 11.9 Å². The van der Waals surface area contributed by atoms with Crippen LogP contribution in [-0.2, 0) is 14.3 Å². The molecule has 0 saturated heterocycles. The predicted molar refractivity (Wildman–Crippen MR) is 45.3 cm³/mol. The average Bonchev–Trinajstić information content (AvgIpc) is 2.24. The van der Waals surface area contributed by atoms with Crippen LogP contribution in [0, 0.1) is 0 Å². The first-order valence-electron chi connectivity index (χ1n) is 3.95. The minimum Gasteiger partial charge on any atom is -0.479 e. The molecule has 0 spiro atoms. The van der Waals surface area contributed by atoms with Crippen LogP contribution in [0.3, 0.4) is 0 Å². The van der Waals surface area contributed by atoms with Crippen LogP contribution in [-0.4, -0.2) is 73.8 Å². The highest BCUT2D eigenvalue weighted by Crippen LogP contribution is 2.20. The van der Waals surface area contributed by atoms with Crippen molar-refractivity contribution in [3.05, 3.63) is 0 Å². The molecule has 0 aliphatic rings. The lowest BCUT2D eigenvalue weighted by atomic mass is 9.98. The second-order valence-electron chi connectivity index (χ2n) is 2.92. The fourth-order valence-corrected chi connectivity index (χ4v) is 0.932. The van der Waals surface area contributed by atoms with Gasteiger partial charge in [0, 0.05) is 7.11 Å². The van der Waals surface area contributed by atoms with E-state index in [0.717, 1.165) is 7.11 Å². The van der Waals surface area contributed by atoms with Crippen molar-refractivity contribution < 1.29 is 45.0 Å². The van der Waals surface area contributed by atoms with E-state index < -0.39 is 36.0 Å². The molecule has 9 nitrogen and oxygen atoms in total. The number of aliphatic hydroxyl groups is 4. The van der Waals surface area contributed by atoms with Crippen LogP contribution < -0.4 is 0 Å². The molecule has 0 aliphatic carbocycles. The highest BCUT2D eigenvalue weighted by molar-refractivity contribution is 5.75. The number of aliphatic hydroxyl groups excluding tert-OH is 3. The normalized spacial score (nSPS) is 20.6. The molecule has 0 fully saturated rings. The Morgan fingerprint density at radius 1 is 1.12 bits per heavy atom. The highest BCUT2D eigenvalue weighted by atomic mass is 16.6. The van der Waals surface area contributed by atoms with E-state index in [1.807, 2.05) is 0 Å². The van der Waals surface area contributed by atoms with Crippen LogP contribution in [0.1, 0.15) is 0 Å². The molecule has 16 heavy (non-hydrogen) atoms. The number of methoxy groups -OCH3 is 1. The maximum absolute atomic E-state index is 10.4. The standard InChI is InChI=1S/C7H12O9/c1-16-7(15,4(10)6(13)14)3(9)2(8)5(11)12/h2-4,8-10,15H,1H3,(H,11,12)(H,13,14)/t2-,3-,4-,7-/m1/s1. The van der Waals surface area contributed by atoms with E-state index in [-0.39, 0.29) is 0 Å². The van der Waals surface area contributed by atoms with Crippen LogP contribution >= 0.6 is 0 Å². The Morgan fingerprint density at radius 3 is 1.81 bits per heavy atom. The third-order valence-electron chi connectivity index (χ3n) is 1.93. The molecule has 0 aromatic heterocycles. The summed E-state index contributed by atoms with van der Waals surface area (Å²) in [6.07, 6.45) is -7.68. The van der Waals surface area contributed by atoms with Gasteiger partial charge in [-0.1, -0.05) is 0 Å². The minimum atomic E-state index is -3.14. The Labute approximate surface area is 89.1 Å². The van der Waals surface area contributed by atoms with Gasteiger partial charge in [0.2, 0.25) is 11.9 Å². The molecule has 0 rings (SSSR count). The van der Waals surface area contributed by atoms with Gasteiger partial charge in [0.1, 0.15) is 6.10 Å². The van der Waals surface area contributed by atoms with Crippen molar-refractivity contribution in [2.45, 2.75) is 24.1 Å². The summed E-state index contributed by atoms with van der Waals surface area (Å²) >= 11 is 0. The summed E-state index contributed by atoms with van der Waals surface area (Å²) in [5.41, 5.74) is 0. The van der Waals surface area contributed by atoms with Crippen molar-refractivity contribution in [3.63, 3.8) is 0 Å². The molecule has 0 heterocycles. The summed E-state index contributed by atoms with van der Waals surface area (Å²) in [5.74, 6) is -7.01. The predicted octanol–water partition coefficient (Wildman–Crippen LogP) is -3.43. The summed E-state index contributed by atoms with van der Waals surface area (Å²) in [5, 5.41) is 53.2. The number of ether oxygens (including phenoxy) is 1. The van der Waals surface area contributed by atoms with Crippen LogP contribution in [0.2, 0.25) is 0 Å². The zero-order valence-corrected chi connectivity index (χ0v) is 8.14. The Hall–Kier alpha value is -1.26. The van der Waals surface area contributed by atoms with E-state index in [1.165, 1.54) is 0 Å². The quantitative estimate of drug-likeness (QED) is 0.259. The first-order valence-corrected chi connectivity index (χ1v) is 3.95. The van der Waals surface area contributed by atoms with Crippen molar-refractivity contribution in [2.24, 2.45) is 0 Å². The Kier molecular flexibility index (Phi) is 4.78. The second kappa shape index (κ2) is 5.18. The average molecular weight is 240 g/mol. The molecule has 0 radical (unpaired) electrons. The van der Waals surface area contributed by atoms with Crippen LogP contribution in [0.5, 0.6) is 0 Å². The molecule has 0 bridgehead atoms. The van der Waals surface area contributed by atoms with Gasteiger partial charge in [-0.25, -0.2) is 9.59 Å². The fraction of sp³-hybridized carbons (Fsp3) is 0.714. The summed E-state index contributed by atoms with van der Waals surface area (Å²) in [6.45, 7) is 0. The van der Waals surface area contributed by atoms with Gasteiger partial charge in [-0.3, -0.25) is 0 Å². The first-order chi connectivity index (χ1) is 7.18. The van der Waals surface area contributed by atoms with E-state index in [9.17, 15) is 19.8 Å². The van der Waals surface area contributed by atoms with E-state index in [0.29, 0.717) is 0 Å². The van der Waals surface area contributed by atoms with E-state index in [1.54, 1.807) is 0 Å². The monoisotopic (exact) mass is 240 g/mol. The molecular weight excluding hydrogens is 228 g/mol. The molecule has 0 aromatic carbocycles. The molecule has 0 aliphatic heterocycles. The third kappa shape index (κ3) is 2.65. The molecule has 4 atom stereocenters. The highest BCUT2D eigenvalue weighted by Gasteiger charge is 2.52. The molecule has 0 saturated carbocycles. The zero-order chi connectivity index (χ0) is 13.1. The van der Waals surface area contributed by atoms with Gasteiger partial charge in [0.25, 0.3) is 0 Å². The topological polar surface area (TPSA) is 165 Å². The maximum atomic E-state index is 10.4. The minimum absolute atomic E-state index is 0.726. The molecule has 9 heteroatoms. The van der Waals surface area contributed by atoms with Crippen LogP contribution in [0.25, 0.3) is 0 Å². The first kappa shape index (κ1) is 14.7. The number of carboxylic acid groups (broad SMARTS) is 2. The number of hydrogen-bond donors (Lipinski definition) is 6. The number of carbonyl (C=O) groups is 2. The lowest BCUT2D eigenvalue weighted by molar-refractivity contribution is -0.299. The fourth-order valence-electron chi connectivity index (χ4n) is 0.932. The Morgan fingerprint density at radius 2 is 1.56 bits per heavy atom. The lowest BCUT2D eigenvalue weighted by Gasteiger charge is -2.34. The molecule has 0 amide bonds. The van der Waals surface area contributed by atoms with Gasteiger partial charge in [-0.15, -0.1) is 0 Å². The summed E-state index contributed by atoms with van der Waals surface area (Å²) in [4.78, 5) is 20.7. The molecule has 0 aromatic rings. The van der Waals surface area contributed by atoms with Gasteiger partial charge in [0.15, 0.2) is 6.10 Å². The molecule has 94 valence electrons. The zero-order valence-electron chi connectivity index (χ0n) is 8.14. The Bertz CT molecular complexity index is 277. The van der Waals surface area contributed by atoms with Crippen molar-refractivity contribution in [2.75, 3.05) is 7.11 Å². The maximum Gasteiger partial charge on any atom is 0.338 e. The van der Waals surface area contributed by atoms with Crippen LogP contribution in [0.15, 0.2) is 0 Å². The van der Waals surface area contributed by atoms with Gasteiger partial charge in [0.05, 0.1) is 0 Å². The number of hydrogen-bond acceptors (Lipinski definition) is 7.